The summed E-state index contributed by atoms with van der Waals surface area (Å²) in [5.74, 6) is 1.43. The molecule has 2 aromatic carbocycles. The maximum atomic E-state index is 13.3. The number of hydrogen-bond acceptors (Lipinski definition) is 4. The molecule has 0 spiro atoms. The van der Waals surface area contributed by atoms with E-state index in [0.717, 1.165) is 50.2 Å². The summed E-state index contributed by atoms with van der Waals surface area (Å²) in [6, 6.07) is 13.5. The number of carbonyl (C=O) groups excluding carboxylic acids is 1. The Morgan fingerprint density at radius 1 is 1.03 bits per heavy atom. The summed E-state index contributed by atoms with van der Waals surface area (Å²) in [6.45, 7) is 6.98. The second kappa shape index (κ2) is 13.1. The highest BCUT2D eigenvalue weighted by Gasteiger charge is 2.30. The second-order valence-corrected chi connectivity index (χ2v) is 11.0. The topological polar surface area (TPSA) is 44.8 Å². The van der Waals surface area contributed by atoms with Gasteiger partial charge in [-0.1, -0.05) is 48.3 Å². The summed E-state index contributed by atoms with van der Waals surface area (Å²) >= 11 is 12.4. The van der Waals surface area contributed by atoms with Crippen molar-refractivity contribution in [1.29, 1.82) is 0 Å². The van der Waals surface area contributed by atoms with Gasteiger partial charge in [0.05, 0.1) is 6.04 Å². The molecule has 2 saturated heterocycles. The molecule has 1 amide bonds. The molecule has 196 valence electrons. The maximum absolute atomic E-state index is 13.3. The Morgan fingerprint density at radius 2 is 1.69 bits per heavy atom. The average molecular weight is 533 g/mol. The van der Waals surface area contributed by atoms with Gasteiger partial charge in [0.25, 0.3) is 0 Å². The van der Waals surface area contributed by atoms with Gasteiger partial charge in [0.1, 0.15) is 11.9 Å². The molecule has 0 saturated carbocycles. The Morgan fingerprint density at radius 3 is 2.33 bits per heavy atom. The molecule has 0 aromatic heterocycles. The zero-order valence-corrected chi connectivity index (χ0v) is 23.0. The van der Waals surface area contributed by atoms with Crippen LogP contribution in [0.1, 0.15) is 56.1 Å². The third kappa shape index (κ3) is 7.16. The number of benzene rings is 2. The minimum atomic E-state index is -0.243. The number of amides is 1. The molecule has 2 fully saturated rings. The first-order valence-electron chi connectivity index (χ1n) is 13.4. The summed E-state index contributed by atoms with van der Waals surface area (Å²) in [5, 5.41) is 4.63. The van der Waals surface area contributed by atoms with E-state index in [1.165, 1.54) is 31.5 Å². The smallest absolute Gasteiger partial charge is 0.240 e. The largest absolute Gasteiger partial charge is 0.489 e. The van der Waals surface area contributed by atoms with Crippen molar-refractivity contribution in [3.05, 3.63) is 63.6 Å². The number of halogens is 2. The van der Waals surface area contributed by atoms with Crippen LogP contribution in [-0.2, 0) is 11.2 Å². The molecule has 2 aromatic rings. The standard InChI is InChI=1S/C29H39Cl2N3O2/c1-3-25(20-33-14-4-5-15-33)36-28-19-24(31)10-11-26(28)22-12-16-34(17-13-22)29(35)27(32-2)18-21-6-8-23(30)9-7-21/h6-11,19,22,25,27,32H,3-5,12-18,20H2,1-2H3/t25-,27+/m0/s1. The van der Waals surface area contributed by atoms with Crippen LogP contribution in [0.5, 0.6) is 5.75 Å². The highest BCUT2D eigenvalue weighted by atomic mass is 35.5. The van der Waals surface area contributed by atoms with Crippen LogP contribution in [0.15, 0.2) is 42.5 Å². The molecule has 1 N–H and O–H groups in total. The third-order valence-corrected chi connectivity index (χ3v) is 8.12. The van der Waals surface area contributed by atoms with Crippen LogP contribution in [0.25, 0.3) is 0 Å². The zero-order chi connectivity index (χ0) is 25.5. The molecule has 7 heteroatoms. The molecule has 2 atom stereocenters. The fraction of sp³-hybridized carbons (Fsp3) is 0.552. The molecule has 0 unspecified atom stereocenters. The van der Waals surface area contributed by atoms with Gasteiger partial charge in [-0.2, -0.15) is 0 Å². The lowest BCUT2D eigenvalue weighted by Gasteiger charge is -2.35. The number of likely N-dealkylation sites (tertiary alicyclic amines) is 2. The number of nitrogens with zero attached hydrogens (tertiary/aromatic N) is 2. The molecule has 0 radical (unpaired) electrons. The first-order valence-corrected chi connectivity index (χ1v) is 14.1. The van der Waals surface area contributed by atoms with Crippen LogP contribution in [-0.4, -0.2) is 67.6 Å². The monoisotopic (exact) mass is 531 g/mol. The van der Waals surface area contributed by atoms with E-state index < -0.39 is 0 Å². The predicted molar refractivity (Wildman–Crippen MR) is 148 cm³/mol. The van der Waals surface area contributed by atoms with E-state index in [4.69, 9.17) is 27.9 Å². The van der Waals surface area contributed by atoms with Crippen molar-refractivity contribution in [2.45, 2.75) is 63.5 Å². The third-order valence-electron chi connectivity index (χ3n) is 7.63. The van der Waals surface area contributed by atoms with Crippen molar-refractivity contribution in [1.82, 2.24) is 15.1 Å². The van der Waals surface area contributed by atoms with Crippen LogP contribution in [0.4, 0.5) is 0 Å². The zero-order valence-electron chi connectivity index (χ0n) is 21.5. The molecular formula is C29H39Cl2N3O2. The van der Waals surface area contributed by atoms with E-state index in [0.29, 0.717) is 22.4 Å². The Hall–Kier alpha value is -1.79. The second-order valence-electron chi connectivity index (χ2n) is 10.1. The van der Waals surface area contributed by atoms with Gasteiger partial charge in [0.2, 0.25) is 5.91 Å². The highest BCUT2D eigenvalue weighted by molar-refractivity contribution is 6.30. The van der Waals surface area contributed by atoms with Crippen LogP contribution in [0.2, 0.25) is 10.0 Å². The van der Waals surface area contributed by atoms with Crippen molar-refractivity contribution in [3.63, 3.8) is 0 Å². The number of carbonyl (C=O) groups is 1. The van der Waals surface area contributed by atoms with Crippen molar-refractivity contribution in [2.75, 3.05) is 39.8 Å². The Kier molecular flexibility index (Phi) is 9.95. The molecule has 2 heterocycles. The molecule has 2 aliphatic rings. The Labute approximate surface area is 226 Å². The SMILES string of the molecule is CC[C@@H](CN1CCCC1)Oc1cc(Cl)ccc1C1CCN(C(=O)[C@@H](Cc2ccc(Cl)cc2)NC)CC1. The van der Waals surface area contributed by atoms with E-state index in [1.807, 2.05) is 48.3 Å². The van der Waals surface area contributed by atoms with Crippen LogP contribution in [0.3, 0.4) is 0 Å². The van der Waals surface area contributed by atoms with E-state index in [-0.39, 0.29) is 18.1 Å². The van der Waals surface area contributed by atoms with Crippen molar-refractivity contribution in [3.8, 4) is 5.75 Å². The van der Waals surface area contributed by atoms with Gasteiger partial charge in [-0.05, 0) is 100.0 Å². The minimum Gasteiger partial charge on any atom is -0.489 e. The molecule has 0 bridgehead atoms. The van der Waals surface area contributed by atoms with E-state index in [1.54, 1.807) is 0 Å². The van der Waals surface area contributed by atoms with Gasteiger partial charge in [0.15, 0.2) is 0 Å². The molecular weight excluding hydrogens is 493 g/mol. The van der Waals surface area contributed by atoms with Crippen molar-refractivity contribution in [2.24, 2.45) is 0 Å². The lowest BCUT2D eigenvalue weighted by atomic mass is 9.88. The fourth-order valence-electron chi connectivity index (χ4n) is 5.43. The quantitative estimate of drug-likeness (QED) is 0.421. The lowest BCUT2D eigenvalue weighted by molar-refractivity contribution is -0.134. The Balaban J connectivity index is 1.37. The molecule has 36 heavy (non-hydrogen) atoms. The minimum absolute atomic E-state index is 0.159. The van der Waals surface area contributed by atoms with Crippen LogP contribution < -0.4 is 10.1 Å². The highest BCUT2D eigenvalue weighted by Crippen LogP contribution is 2.37. The summed E-state index contributed by atoms with van der Waals surface area (Å²) < 4.78 is 6.57. The Bertz CT molecular complexity index is 987. The number of likely N-dealkylation sites (N-methyl/N-ethyl adjacent to an activating group) is 1. The summed E-state index contributed by atoms with van der Waals surface area (Å²) in [6.07, 6.45) is 6.18. The first-order chi connectivity index (χ1) is 17.5. The molecule has 5 nitrogen and oxygen atoms in total. The molecule has 2 aliphatic heterocycles. The van der Waals surface area contributed by atoms with Crippen LogP contribution >= 0.6 is 23.2 Å². The number of nitrogens with one attached hydrogen (secondary N) is 1. The van der Waals surface area contributed by atoms with Gasteiger partial charge in [0, 0.05) is 29.7 Å². The van der Waals surface area contributed by atoms with E-state index in [9.17, 15) is 4.79 Å². The fourth-order valence-corrected chi connectivity index (χ4v) is 5.72. The number of piperidine rings is 1. The average Bonchev–Trinajstić information content (AvgIpc) is 3.41. The van der Waals surface area contributed by atoms with Crippen molar-refractivity contribution >= 4 is 29.1 Å². The van der Waals surface area contributed by atoms with Gasteiger partial charge in [-0.3, -0.25) is 9.69 Å². The van der Waals surface area contributed by atoms with Gasteiger partial charge in [-0.15, -0.1) is 0 Å². The number of hydrogen-bond donors (Lipinski definition) is 1. The number of ether oxygens (including phenoxy) is 1. The van der Waals surface area contributed by atoms with E-state index in [2.05, 4.69) is 23.2 Å². The number of rotatable bonds is 10. The normalized spacial score (nSPS) is 18.8. The maximum Gasteiger partial charge on any atom is 0.240 e. The van der Waals surface area contributed by atoms with Crippen molar-refractivity contribution < 1.29 is 9.53 Å². The van der Waals surface area contributed by atoms with Gasteiger partial charge < -0.3 is 15.0 Å². The molecule has 0 aliphatic carbocycles. The first kappa shape index (κ1) is 27.3. The molecule has 4 rings (SSSR count). The predicted octanol–water partition coefficient (Wildman–Crippen LogP) is 5.78. The summed E-state index contributed by atoms with van der Waals surface area (Å²) in [7, 11) is 1.86. The van der Waals surface area contributed by atoms with Crippen LogP contribution in [0, 0.1) is 0 Å². The summed E-state index contributed by atoms with van der Waals surface area (Å²) in [4.78, 5) is 17.8. The van der Waals surface area contributed by atoms with E-state index >= 15 is 0 Å². The van der Waals surface area contributed by atoms with Gasteiger partial charge in [-0.25, -0.2) is 0 Å². The summed E-state index contributed by atoms with van der Waals surface area (Å²) in [5.41, 5.74) is 2.32. The lowest BCUT2D eigenvalue weighted by Crippen LogP contribution is -2.49. The van der Waals surface area contributed by atoms with Gasteiger partial charge >= 0.3 is 0 Å².